The molecule has 1 rings (SSSR count). The zero-order chi connectivity index (χ0) is 10.6. The van der Waals surface area contributed by atoms with Crippen molar-refractivity contribution in [2.75, 3.05) is 19.3 Å². The lowest BCUT2D eigenvalue weighted by Gasteiger charge is -2.04. The molecule has 0 fully saturated rings. The molecular weight excluding hydrogens is 194 g/mol. The van der Waals surface area contributed by atoms with Crippen molar-refractivity contribution >= 4 is 11.8 Å². The van der Waals surface area contributed by atoms with E-state index in [0.717, 1.165) is 18.0 Å². The average Bonchev–Trinajstić information content (AvgIpc) is 2.42. The average molecular weight is 211 g/mol. The first-order valence-corrected chi connectivity index (χ1v) is 5.56. The fraction of sp³-hybridized carbons (Fsp3) is 0.500. The van der Waals surface area contributed by atoms with E-state index in [1.165, 1.54) is 10.6 Å². The molecule has 1 heterocycles. The Hall–Kier alpha value is -0.740. The minimum absolute atomic E-state index is 0.879. The molecule has 0 amide bonds. The van der Waals surface area contributed by atoms with Gasteiger partial charge in [-0.2, -0.15) is 5.10 Å². The number of thioether (sulfide) groups is 1. The van der Waals surface area contributed by atoms with Gasteiger partial charge < -0.3 is 5.32 Å². The maximum Gasteiger partial charge on any atom is 0.0942 e. The monoisotopic (exact) mass is 211 g/mol. The number of nitrogens with one attached hydrogen (secondary N) is 1. The molecule has 0 aliphatic rings. The summed E-state index contributed by atoms with van der Waals surface area (Å²) in [7, 11) is 3.90. The molecule has 78 valence electrons. The van der Waals surface area contributed by atoms with Crippen LogP contribution in [0.2, 0.25) is 0 Å². The maximum atomic E-state index is 4.29. The molecule has 0 aromatic carbocycles. The van der Waals surface area contributed by atoms with Crippen molar-refractivity contribution in [1.82, 2.24) is 15.1 Å². The zero-order valence-electron chi connectivity index (χ0n) is 9.00. The number of hydrogen-bond acceptors (Lipinski definition) is 3. The lowest BCUT2D eigenvalue weighted by atomic mass is 10.3. The van der Waals surface area contributed by atoms with Crippen LogP contribution in [0, 0.1) is 6.92 Å². The molecule has 0 atom stereocenters. The smallest absolute Gasteiger partial charge is 0.0942 e. The van der Waals surface area contributed by atoms with Crippen molar-refractivity contribution in [3.63, 3.8) is 0 Å². The van der Waals surface area contributed by atoms with E-state index in [1.54, 1.807) is 11.8 Å². The maximum absolute atomic E-state index is 4.29. The summed E-state index contributed by atoms with van der Waals surface area (Å²) >= 11 is 1.78. The first-order valence-electron chi connectivity index (χ1n) is 4.58. The molecule has 0 radical (unpaired) electrons. The number of nitrogens with zero attached hydrogens (tertiary/aromatic N) is 2. The molecule has 1 aromatic heterocycles. The van der Waals surface area contributed by atoms with Gasteiger partial charge in [-0.3, -0.25) is 4.68 Å². The van der Waals surface area contributed by atoms with Gasteiger partial charge in [-0.25, -0.2) is 0 Å². The van der Waals surface area contributed by atoms with Crippen molar-refractivity contribution in [2.24, 2.45) is 7.05 Å². The van der Waals surface area contributed by atoms with Gasteiger partial charge in [-0.05, 0) is 20.0 Å². The topological polar surface area (TPSA) is 29.9 Å². The molecule has 4 heteroatoms. The number of aryl methyl sites for hydroxylation is 2. The van der Waals surface area contributed by atoms with E-state index in [4.69, 9.17) is 0 Å². The highest BCUT2D eigenvalue weighted by molar-refractivity contribution is 7.99. The number of aromatic nitrogens is 2. The minimum Gasteiger partial charge on any atom is -0.316 e. The largest absolute Gasteiger partial charge is 0.316 e. The predicted molar refractivity (Wildman–Crippen MR) is 61.7 cm³/mol. The van der Waals surface area contributed by atoms with Crippen molar-refractivity contribution in [2.45, 2.75) is 11.9 Å². The predicted octanol–water partition coefficient (Wildman–Crippen LogP) is 1.60. The highest BCUT2D eigenvalue weighted by Crippen LogP contribution is 2.19. The molecule has 14 heavy (non-hydrogen) atoms. The standard InChI is InChI=1S/C10H17N3S/c1-8(6-11-3)7-14-10-5-9(2)12-13(10)4/h5,11H,1,6-7H2,2-4H3. The van der Waals surface area contributed by atoms with Crippen molar-refractivity contribution < 1.29 is 0 Å². The molecule has 3 nitrogen and oxygen atoms in total. The third-order valence-electron chi connectivity index (χ3n) is 1.81. The second-order valence-corrected chi connectivity index (χ2v) is 4.31. The van der Waals surface area contributed by atoms with Crippen molar-refractivity contribution in [3.8, 4) is 0 Å². The van der Waals surface area contributed by atoms with E-state index in [2.05, 4.69) is 23.1 Å². The van der Waals surface area contributed by atoms with Crippen LogP contribution in [-0.2, 0) is 7.05 Å². The fourth-order valence-corrected chi connectivity index (χ4v) is 2.13. The van der Waals surface area contributed by atoms with E-state index in [1.807, 2.05) is 25.7 Å². The lowest BCUT2D eigenvalue weighted by molar-refractivity contribution is 0.692. The molecular formula is C10H17N3S. The first-order chi connectivity index (χ1) is 6.63. The normalized spacial score (nSPS) is 10.5. The summed E-state index contributed by atoms with van der Waals surface area (Å²) in [6.07, 6.45) is 0. The van der Waals surface area contributed by atoms with Crippen LogP contribution in [0.15, 0.2) is 23.2 Å². The Morgan fingerprint density at radius 1 is 1.71 bits per heavy atom. The molecule has 0 spiro atoms. The van der Waals surface area contributed by atoms with Gasteiger partial charge in [0.1, 0.15) is 0 Å². The molecule has 0 unspecified atom stereocenters. The molecule has 1 aromatic rings. The minimum atomic E-state index is 0.879. The molecule has 0 aliphatic heterocycles. The second kappa shape index (κ2) is 5.22. The summed E-state index contributed by atoms with van der Waals surface area (Å²) in [5, 5.41) is 8.57. The van der Waals surface area contributed by atoms with Crippen LogP contribution in [0.4, 0.5) is 0 Å². The SMILES string of the molecule is C=C(CNC)CSc1cc(C)nn1C. The molecule has 0 saturated heterocycles. The molecule has 0 bridgehead atoms. The first kappa shape index (κ1) is 11.3. The number of rotatable bonds is 5. The van der Waals surface area contributed by atoms with Gasteiger partial charge in [-0.1, -0.05) is 12.2 Å². The Labute approximate surface area is 89.6 Å². The lowest BCUT2D eigenvalue weighted by Crippen LogP contribution is -2.11. The Balaban J connectivity index is 2.45. The third kappa shape index (κ3) is 3.20. The van der Waals surface area contributed by atoms with Crippen LogP contribution < -0.4 is 5.32 Å². The van der Waals surface area contributed by atoms with Gasteiger partial charge in [-0.15, -0.1) is 11.8 Å². The second-order valence-electron chi connectivity index (χ2n) is 3.32. The van der Waals surface area contributed by atoms with Gasteiger partial charge in [0, 0.05) is 19.3 Å². The van der Waals surface area contributed by atoms with Gasteiger partial charge in [0.05, 0.1) is 10.7 Å². The number of hydrogen-bond donors (Lipinski definition) is 1. The number of likely N-dealkylation sites (N-methyl/N-ethyl adjacent to an activating group) is 1. The van der Waals surface area contributed by atoms with E-state index in [0.29, 0.717) is 0 Å². The van der Waals surface area contributed by atoms with E-state index < -0.39 is 0 Å². The molecule has 0 aliphatic carbocycles. The third-order valence-corrected chi connectivity index (χ3v) is 3.04. The summed E-state index contributed by atoms with van der Waals surface area (Å²) in [5.74, 6) is 0.944. The van der Waals surface area contributed by atoms with Crippen LogP contribution in [0.1, 0.15) is 5.69 Å². The summed E-state index contributed by atoms with van der Waals surface area (Å²) in [6.45, 7) is 6.87. The zero-order valence-corrected chi connectivity index (χ0v) is 9.82. The highest BCUT2D eigenvalue weighted by Gasteiger charge is 2.02. The highest BCUT2D eigenvalue weighted by atomic mass is 32.2. The van der Waals surface area contributed by atoms with E-state index in [-0.39, 0.29) is 0 Å². The Morgan fingerprint density at radius 2 is 2.43 bits per heavy atom. The van der Waals surface area contributed by atoms with Crippen LogP contribution in [0.5, 0.6) is 0 Å². The van der Waals surface area contributed by atoms with Gasteiger partial charge in [0.25, 0.3) is 0 Å². The van der Waals surface area contributed by atoms with E-state index >= 15 is 0 Å². The van der Waals surface area contributed by atoms with Gasteiger partial charge >= 0.3 is 0 Å². The van der Waals surface area contributed by atoms with Crippen LogP contribution in [0.25, 0.3) is 0 Å². The quantitative estimate of drug-likeness (QED) is 0.592. The Bertz CT molecular complexity index is 317. The summed E-state index contributed by atoms with van der Waals surface area (Å²) in [5.41, 5.74) is 2.27. The van der Waals surface area contributed by atoms with Gasteiger partial charge in [0.15, 0.2) is 0 Å². The van der Waals surface area contributed by atoms with Crippen LogP contribution in [0.3, 0.4) is 0 Å². The Morgan fingerprint density at radius 3 is 2.93 bits per heavy atom. The summed E-state index contributed by atoms with van der Waals surface area (Å²) < 4.78 is 1.91. The summed E-state index contributed by atoms with van der Waals surface area (Å²) in [4.78, 5) is 0. The van der Waals surface area contributed by atoms with E-state index in [9.17, 15) is 0 Å². The summed E-state index contributed by atoms with van der Waals surface area (Å²) in [6, 6.07) is 2.09. The molecule has 1 N–H and O–H groups in total. The fourth-order valence-electron chi connectivity index (χ4n) is 1.20. The Kier molecular flexibility index (Phi) is 4.22. The van der Waals surface area contributed by atoms with Crippen molar-refractivity contribution in [1.29, 1.82) is 0 Å². The van der Waals surface area contributed by atoms with Crippen LogP contribution >= 0.6 is 11.8 Å². The molecule has 0 saturated carbocycles. The van der Waals surface area contributed by atoms with Gasteiger partial charge in [0.2, 0.25) is 0 Å². The van der Waals surface area contributed by atoms with Crippen molar-refractivity contribution in [3.05, 3.63) is 23.9 Å². The van der Waals surface area contributed by atoms with Crippen LogP contribution in [-0.4, -0.2) is 29.1 Å².